The number of anilines is 1. The first-order valence-corrected chi connectivity index (χ1v) is 13.2. The van der Waals surface area contributed by atoms with Gasteiger partial charge in [-0.3, -0.25) is 0 Å². The summed E-state index contributed by atoms with van der Waals surface area (Å²) in [6, 6.07) is 9.02. The van der Waals surface area contributed by atoms with Crippen molar-refractivity contribution in [1.29, 1.82) is 0 Å². The Hall–Kier alpha value is -2.73. The summed E-state index contributed by atoms with van der Waals surface area (Å²) in [4.78, 5) is 26.3. The lowest BCUT2D eigenvalue weighted by Crippen LogP contribution is -2.50. The molecule has 1 atom stereocenters. The zero-order valence-corrected chi connectivity index (χ0v) is 20.6. The van der Waals surface area contributed by atoms with Gasteiger partial charge in [0.15, 0.2) is 5.65 Å². The summed E-state index contributed by atoms with van der Waals surface area (Å²) in [6.45, 7) is 9.17. The number of aryl methyl sites for hydroxylation is 2. The highest BCUT2D eigenvalue weighted by atomic mass is 16.1. The molecule has 1 saturated heterocycles. The van der Waals surface area contributed by atoms with Crippen molar-refractivity contribution in [3.05, 3.63) is 57.1 Å². The Balaban J connectivity index is 1.69. The van der Waals surface area contributed by atoms with Gasteiger partial charge in [-0.2, -0.15) is 4.98 Å². The van der Waals surface area contributed by atoms with E-state index < -0.39 is 0 Å². The van der Waals surface area contributed by atoms with Crippen molar-refractivity contribution in [2.24, 2.45) is 0 Å². The second kappa shape index (κ2) is 8.49. The molecule has 0 bridgehead atoms. The number of piperazine rings is 1. The monoisotopic (exact) mass is 457 g/mol. The van der Waals surface area contributed by atoms with Crippen molar-refractivity contribution in [2.75, 3.05) is 24.5 Å². The Morgan fingerprint density at radius 3 is 2.35 bits per heavy atom. The van der Waals surface area contributed by atoms with Crippen LogP contribution in [-0.2, 0) is 12.8 Å². The van der Waals surface area contributed by atoms with Gasteiger partial charge in [0.1, 0.15) is 5.82 Å². The molecule has 0 amide bonds. The van der Waals surface area contributed by atoms with Crippen LogP contribution in [0.25, 0.3) is 16.7 Å². The highest BCUT2D eigenvalue weighted by Gasteiger charge is 2.36. The molecular formula is C28H35N5O. The summed E-state index contributed by atoms with van der Waals surface area (Å²) in [5.74, 6) is 1.98. The fraction of sp³-hybridized carbons (Fsp3) is 0.536. The van der Waals surface area contributed by atoms with Crippen LogP contribution in [0.1, 0.15) is 80.7 Å². The molecule has 2 aromatic heterocycles. The summed E-state index contributed by atoms with van der Waals surface area (Å²) in [5, 5.41) is 4.50. The molecular weight excluding hydrogens is 422 g/mol. The lowest BCUT2D eigenvalue weighted by Gasteiger charge is -2.35. The maximum atomic E-state index is 13.8. The van der Waals surface area contributed by atoms with Crippen molar-refractivity contribution in [2.45, 2.75) is 77.2 Å². The molecule has 6 nitrogen and oxygen atoms in total. The SMILES string of the molecule is CCc1cccc(CC)c1-n1c(=O)nc(N2CCNC[C@@H]2C)c2cc(C3CC3)c(C3CC3)nc21. The van der Waals surface area contributed by atoms with Gasteiger partial charge in [0, 0.05) is 37.3 Å². The van der Waals surface area contributed by atoms with E-state index in [4.69, 9.17) is 9.97 Å². The zero-order chi connectivity index (χ0) is 23.4. The number of pyridine rings is 1. The van der Waals surface area contributed by atoms with Gasteiger partial charge in [-0.1, -0.05) is 32.0 Å². The quantitative estimate of drug-likeness (QED) is 0.592. The normalized spacial score (nSPS) is 20.8. The molecule has 1 aromatic carbocycles. The Morgan fingerprint density at radius 2 is 1.74 bits per heavy atom. The van der Waals surface area contributed by atoms with Crippen LogP contribution in [0.15, 0.2) is 29.1 Å². The number of fused-ring (bicyclic) bond motifs is 1. The van der Waals surface area contributed by atoms with E-state index in [-0.39, 0.29) is 11.7 Å². The fourth-order valence-corrected chi connectivity index (χ4v) is 5.64. The molecule has 2 aliphatic carbocycles. The molecule has 0 unspecified atom stereocenters. The van der Waals surface area contributed by atoms with Crippen LogP contribution < -0.4 is 15.9 Å². The molecule has 3 aromatic rings. The molecule has 178 valence electrons. The number of aromatic nitrogens is 3. The topological polar surface area (TPSA) is 63.1 Å². The molecule has 34 heavy (non-hydrogen) atoms. The molecule has 6 rings (SSSR count). The van der Waals surface area contributed by atoms with Crippen molar-refractivity contribution in [1.82, 2.24) is 19.9 Å². The van der Waals surface area contributed by atoms with Crippen molar-refractivity contribution in [3.8, 4) is 5.69 Å². The van der Waals surface area contributed by atoms with Gasteiger partial charge >= 0.3 is 5.69 Å². The number of para-hydroxylation sites is 1. The number of hydrogen-bond donors (Lipinski definition) is 1. The molecule has 2 saturated carbocycles. The number of rotatable bonds is 6. The maximum Gasteiger partial charge on any atom is 0.355 e. The van der Waals surface area contributed by atoms with Gasteiger partial charge < -0.3 is 10.2 Å². The average molecular weight is 458 g/mol. The fourth-order valence-electron chi connectivity index (χ4n) is 5.64. The third-order valence-corrected chi connectivity index (χ3v) is 7.85. The van der Waals surface area contributed by atoms with Crippen molar-refractivity contribution < 1.29 is 0 Å². The van der Waals surface area contributed by atoms with Crippen molar-refractivity contribution >= 4 is 16.9 Å². The minimum Gasteiger partial charge on any atom is -0.351 e. The Bertz CT molecular complexity index is 1280. The van der Waals surface area contributed by atoms with Gasteiger partial charge in [-0.15, -0.1) is 0 Å². The van der Waals surface area contributed by atoms with E-state index >= 15 is 0 Å². The molecule has 0 spiro atoms. The lowest BCUT2D eigenvalue weighted by molar-refractivity contribution is 0.497. The van der Waals surface area contributed by atoms with Crippen molar-refractivity contribution in [3.63, 3.8) is 0 Å². The van der Waals surface area contributed by atoms with Gasteiger partial charge in [-0.05, 0) is 74.1 Å². The molecule has 3 aliphatic rings. The van der Waals surface area contributed by atoms with Crippen LogP contribution in [0.5, 0.6) is 0 Å². The first kappa shape index (κ1) is 21.8. The standard InChI is InChI=1S/C28H35N5O/c1-4-18-7-6-8-19(5-2)25(18)33-27-23(15-22(20-9-10-20)24(30-27)21-11-12-21)26(31-28(33)34)32-14-13-29-16-17(32)3/h6-8,15,17,20-21,29H,4-5,9-14,16H2,1-3H3/t17-/m0/s1. The number of nitrogens with one attached hydrogen (secondary N) is 1. The highest BCUT2D eigenvalue weighted by Crippen LogP contribution is 2.49. The lowest BCUT2D eigenvalue weighted by atomic mass is 10.0. The van der Waals surface area contributed by atoms with Gasteiger partial charge in [-0.25, -0.2) is 14.3 Å². The van der Waals surface area contributed by atoms with Gasteiger partial charge in [0.05, 0.1) is 11.1 Å². The third kappa shape index (κ3) is 3.63. The van der Waals surface area contributed by atoms with Crippen LogP contribution in [-0.4, -0.2) is 40.2 Å². The minimum absolute atomic E-state index is 0.211. The predicted octanol–water partition coefficient (Wildman–Crippen LogP) is 4.46. The Kier molecular flexibility index (Phi) is 5.44. The number of nitrogens with zero attached hydrogens (tertiary/aromatic N) is 4. The third-order valence-electron chi connectivity index (χ3n) is 7.85. The predicted molar refractivity (Wildman–Crippen MR) is 138 cm³/mol. The van der Waals surface area contributed by atoms with E-state index in [2.05, 4.69) is 55.3 Å². The first-order valence-electron chi connectivity index (χ1n) is 13.2. The second-order valence-electron chi connectivity index (χ2n) is 10.3. The van der Waals surface area contributed by atoms with E-state index in [9.17, 15) is 4.79 Å². The van der Waals surface area contributed by atoms with Crippen LogP contribution in [0.2, 0.25) is 0 Å². The van der Waals surface area contributed by atoms with E-state index in [0.29, 0.717) is 11.8 Å². The minimum atomic E-state index is -0.211. The van der Waals surface area contributed by atoms with Crippen LogP contribution in [0.4, 0.5) is 5.82 Å². The van der Waals surface area contributed by atoms with E-state index in [1.54, 1.807) is 0 Å². The summed E-state index contributed by atoms with van der Waals surface area (Å²) in [5.41, 5.74) is 6.57. The van der Waals surface area contributed by atoms with E-state index in [0.717, 1.165) is 55.0 Å². The highest BCUT2D eigenvalue weighted by molar-refractivity contribution is 5.90. The van der Waals surface area contributed by atoms with Crippen LogP contribution in [0, 0.1) is 0 Å². The molecule has 6 heteroatoms. The number of hydrogen-bond acceptors (Lipinski definition) is 5. The van der Waals surface area contributed by atoms with Crippen LogP contribution in [0.3, 0.4) is 0 Å². The Morgan fingerprint density at radius 1 is 1.03 bits per heavy atom. The zero-order valence-electron chi connectivity index (χ0n) is 20.6. The molecule has 0 radical (unpaired) electrons. The average Bonchev–Trinajstić information content (AvgIpc) is 3.76. The summed E-state index contributed by atoms with van der Waals surface area (Å²) in [7, 11) is 0. The molecule has 1 N–H and O–H groups in total. The summed E-state index contributed by atoms with van der Waals surface area (Å²) in [6.07, 6.45) is 6.64. The maximum absolute atomic E-state index is 13.8. The molecule has 3 heterocycles. The Labute approximate surface area is 201 Å². The smallest absolute Gasteiger partial charge is 0.351 e. The number of benzene rings is 1. The largest absolute Gasteiger partial charge is 0.355 e. The molecule has 1 aliphatic heterocycles. The van der Waals surface area contributed by atoms with E-state index in [1.165, 1.54) is 48.1 Å². The molecule has 3 fully saturated rings. The van der Waals surface area contributed by atoms with Gasteiger partial charge in [0.2, 0.25) is 0 Å². The second-order valence-corrected chi connectivity index (χ2v) is 10.3. The first-order chi connectivity index (χ1) is 16.6. The summed E-state index contributed by atoms with van der Waals surface area (Å²) >= 11 is 0. The summed E-state index contributed by atoms with van der Waals surface area (Å²) < 4.78 is 1.84. The van der Waals surface area contributed by atoms with Gasteiger partial charge in [0.25, 0.3) is 0 Å². The van der Waals surface area contributed by atoms with E-state index in [1.807, 2.05) is 4.57 Å². The van der Waals surface area contributed by atoms with Crippen LogP contribution >= 0.6 is 0 Å².